The number of allylic oxidation sites excluding steroid dienone is 1. The lowest BCUT2D eigenvalue weighted by Gasteiger charge is -2.14. The molecule has 3 heteroatoms. The van der Waals surface area contributed by atoms with Crippen LogP contribution in [0.25, 0.3) is 5.76 Å². The highest BCUT2D eigenvalue weighted by molar-refractivity contribution is 6.10. The van der Waals surface area contributed by atoms with Gasteiger partial charge in [0.05, 0.1) is 5.56 Å². The van der Waals surface area contributed by atoms with Crippen LogP contribution in [0.2, 0.25) is 0 Å². The molecule has 3 rings (SSSR count). The highest BCUT2D eigenvalue weighted by Gasteiger charge is 2.31. The Morgan fingerprint density at radius 1 is 0.941 bits per heavy atom. The van der Waals surface area contributed by atoms with Crippen LogP contribution >= 0.6 is 0 Å². The molecular formula is C14H12O3. The molecule has 0 N–H and O–H groups in total. The van der Waals surface area contributed by atoms with Crippen molar-refractivity contribution in [3.8, 4) is 0 Å². The summed E-state index contributed by atoms with van der Waals surface area (Å²) in [4.78, 5) is 23.5. The first-order valence-corrected chi connectivity index (χ1v) is 5.85. The van der Waals surface area contributed by atoms with Gasteiger partial charge in [0, 0.05) is 17.6 Å². The number of ether oxygens (including phenoxy) is 1. The Kier molecular flexibility index (Phi) is 2.32. The minimum absolute atomic E-state index is 0.121. The van der Waals surface area contributed by atoms with Crippen molar-refractivity contribution < 1.29 is 14.3 Å². The molecule has 1 aliphatic heterocycles. The molecule has 1 aliphatic carbocycles. The summed E-state index contributed by atoms with van der Waals surface area (Å²) in [6.45, 7) is 0. The Bertz CT molecular complexity index is 540. The summed E-state index contributed by atoms with van der Waals surface area (Å²) in [5.74, 6) is 0.271. The van der Waals surface area contributed by atoms with Crippen LogP contribution in [-0.2, 0) is 9.53 Å². The van der Waals surface area contributed by atoms with Crippen molar-refractivity contribution in [3.63, 3.8) is 0 Å². The van der Waals surface area contributed by atoms with E-state index in [0.717, 1.165) is 24.8 Å². The highest BCUT2D eigenvalue weighted by Crippen LogP contribution is 2.35. The summed E-state index contributed by atoms with van der Waals surface area (Å²) in [6, 6.07) is 7.23. The minimum atomic E-state index is -0.346. The molecule has 0 bridgehead atoms. The average molecular weight is 228 g/mol. The predicted octanol–water partition coefficient (Wildman–Crippen LogP) is 2.71. The number of Topliss-reactive ketones (excluding diaryl/α,β-unsaturated/α-hetero) is 1. The van der Waals surface area contributed by atoms with Gasteiger partial charge in [0.25, 0.3) is 0 Å². The fourth-order valence-electron chi connectivity index (χ4n) is 2.40. The van der Waals surface area contributed by atoms with Crippen molar-refractivity contribution >= 4 is 17.5 Å². The van der Waals surface area contributed by atoms with Crippen molar-refractivity contribution in [3.05, 3.63) is 41.0 Å². The van der Waals surface area contributed by atoms with Gasteiger partial charge < -0.3 is 4.74 Å². The van der Waals surface area contributed by atoms with Gasteiger partial charge in [0.1, 0.15) is 5.76 Å². The molecule has 3 nitrogen and oxygen atoms in total. The highest BCUT2D eigenvalue weighted by atomic mass is 16.5. The molecular weight excluding hydrogens is 216 g/mol. The molecule has 0 saturated heterocycles. The second kappa shape index (κ2) is 3.84. The van der Waals surface area contributed by atoms with Gasteiger partial charge in [-0.05, 0) is 25.3 Å². The smallest absolute Gasteiger partial charge is 0.344 e. The Balaban J connectivity index is 2.15. The SMILES string of the molecule is O=C1CCCC/C1=C1/OC(=O)c2ccccc21. The number of hydrogen-bond acceptors (Lipinski definition) is 3. The average Bonchev–Trinajstić information content (AvgIpc) is 2.68. The van der Waals surface area contributed by atoms with Crippen molar-refractivity contribution in [2.45, 2.75) is 25.7 Å². The molecule has 17 heavy (non-hydrogen) atoms. The topological polar surface area (TPSA) is 43.4 Å². The van der Waals surface area contributed by atoms with Crippen molar-refractivity contribution in [2.24, 2.45) is 0 Å². The van der Waals surface area contributed by atoms with Gasteiger partial charge in [-0.25, -0.2) is 4.79 Å². The Morgan fingerprint density at radius 3 is 2.41 bits per heavy atom. The second-order valence-electron chi connectivity index (χ2n) is 4.37. The van der Waals surface area contributed by atoms with Crippen LogP contribution in [0.15, 0.2) is 29.8 Å². The maximum atomic E-state index is 11.8. The third-order valence-electron chi connectivity index (χ3n) is 3.28. The van der Waals surface area contributed by atoms with Crippen LogP contribution in [0, 0.1) is 0 Å². The summed E-state index contributed by atoms with van der Waals surface area (Å²) >= 11 is 0. The minimum Gasteiger partial charge on any atom is -0.422 e. The quantitative estimate of drug-likeness (QED) is 0.506. The zero-order valence-electron chi connectivity index (χ0n) is 9.36. The molecule has 1 saturated carbocycles. The van der Waals surface area contributed by atoms with Crippen LogP contribution in [0.3, 0.4) is 0 Å². The van der Waals surface area contributed by atoms with Gasteiger partial charge in [-0.15, -0.1) is 0 Å². The third kappa shape index (κ3) is 1.58. The first kappa shape index (κ1) is 10.3. The lowest BCUT2D eigenvalue weighted by Crippen LogP contribution is -2.10. The number of hydrogen-bond donors (Lipinski definition) is 0. The summed E-state index contributed by atoms with van der Waals surface area (Å²) in [7, 11) is 0. The number of carbonyl (C=O) groups is 2. The number of fused-ring (bicyclic) bond motifs is 1. The number of esters is 1. The van der Waals surface area contributed by atoms with E-state index in [9.17, 15) is 9.59 Å². The van der Waals surface area contributed by atoms with E-state index in [0.29, 0.717) is 23.3 Å². The molecule has 0 radical (unpaired) electrons. The summed E-state index contributed by atoms with van der Waals surface area (Å²) < 4.78 is 5.26. The van der Waals surface area contributed by atoms with E-state index in [1.54, 1.807) is 12.1 Å². The molecule has 1 fully saturated rings. The van der Waals surface area contributed by atoms with Crippen LogP contribution in [-0.4, -0.2) is 11.8 Å². The van der Waals surface area contributed by atoms with Crippen LogP contribution < -0.4 is 0 Å². The molecule has 86 valence electrons. The van der Waals surface area contributed by atoms with E-state index < -0.39 is 0 Å². The monoisotopic (exact) mass is 228 g/mol. The first-order valence-electron chi connectivity index (χ1n) is 5.85. The molecule has 0 unspecified atom stereocenters. The van der Waals surface area contributed by atoms with E-state index in [4.69, 9.17) is 4.74 Å². The molecule has 0 spiro atoms. The number of rotatable bonds is 0. The Labute approximate surface area is 99.1 Å². The number of benzene rings is 1. The van der Waals surface area contributed by atoms with Gasteiger partial charge in [-0.2, -0.15) is 0 Å². The van der Waals surface area contributed by atoms with Gasteiger partial charge >= 0.3 is 5.97 Å². The number of carbonyl (C=O) groups excluding carboxylic acids is 2. The number of cyclic esters (lactones) is 1. The van der Waals surface area contributed by atoms with E-state index in [1.807, 2.05) is 12.1 Å². The van der Waals surface area contributed by atoms with E-state index in [1.165, 1.54) is 0 Å². The molecule has 0 aromatic heterocycles. The molecule has 2 aliphatic rings. The maximum absolute atomic E-state index is 11.8. The van der Waals surface area contributed by atoms with Crippen LogP contribution in [0.5, 0.6) is 0 Å². The molecule has 1 aromatic rings. The van der Waals surface area contributed by atoms with Gasteiger partial charge in [0.2, 0.25) is 0 Å². The van der Waals surface area contributed by atoms with E-state index in [2.05, 4.69) is 0 Å². The number of ketones is 1. The standard InChI is InChI=1S/C14H12O3/c15-12-8-4-3-7-11(12)13-9-5-1-2-6-10(9)14(16)17-13/h1-2,5-6H,3-4,7-8H2/b13-11-. The van der Waals surface area contributed by atoms with Crippen molar-refractivity contribution in [2.75, 3.05) is 0 Å². The Morgan fingerprint density at radius 2 is 1.65 bits per heavy atom. The van der Waals surface area contributed by atoms with Crippen LogP contribution in [0.1, 0.15) is 41.6 Å². The first-order chi connectivity index (χ1) is 8.27. The lowest BCUT2D eigenvalue weighted by molar-refractivity contribution is -0.116. The van der Waals surface area contributed by atoms with Gasteiger partial charge in [0.15, 0.2) is 5.78 Å². The molecule has 0 amide bonds. The second-order valence-corrected chi connectivity index (χ2v) is 4.37. The summed E-state index contributed by atoms with van der Waals surface area (Å²) in [5.41, 5.74) is 2.02. The zero-order chi connectivity index (χ0) is 11.8. The summed E-state index contributed by atoms with van der Waals surface area (Å²) in [6.07, 6.45) is 3.21. The van der Waals surface area contributed by atoms with Crippen molar-refractivity contribution in [1.29, 1.82) is 0 Å². The van der Waals surface area contributed by atoms with E-state index >= 15 is 0 Å². The lowest BCUT2D eigenvalue weighted by atomic mass is 9.91. The summed E-state index contributed by atoms with van der Waals surface area (Å²) in [5, 5.41) is 0. The Hall–Kier alpha value is -1.90. The third-order valence-corrected chi connectivity index (χ3v) is 3.28. The molecule has 1 aromatic carbocycles. The normalized spacial score (nSPS) is 23.5. The molecule has 0 atom stereocenters. The molecule has 1 heterocycles. The van der Waals surface area contributed by atoms with Gasteiger partial charge in [-0.1, -0.05) is 18.2 Å². The fraction of sp³-hybridized carbons (Fsp3) is 0.286. The maximum Gasteiger partial charge on any atom is 0.344 e. The predicted molar refractivity (Wildman–Crippen MR) is 62.3 cm³/mol. The fourth-order valence-corrected chi connectivity index (χ4v) is 2.40. The van der Waals surface area contributed by atoms with Crippen LogP contribution in [0.4, 0.5) is 0 Å². The van der Waals surface area contributed by atoms with Gasteiger partial charge in [-0.3, -0.25) is 4.79 Å². The van der Waals surface area contributed by atoms with E-state index in [-0.39, 0.29) is 11.8 Å². The zero-order valence-corrected chi connectivity index (χ0v) is 9.36. The van der Waals surface area contributed by atoms with Crippen molar-refractivity contribution in [1.82, 2.24) is 0 Å². The largest absolute Gasteiger partial charge is 0.422 e.